The van der Waals surface area contributed by atoms with Crippen LogP contribution >= 0.6 is 0 Å². The van der Waals surface area contributed by atoms with Crippen molar-refractivity contribution in [1.82, 2.24) is 9.47 Å². The van der Waals surface area contributed by atoms with Gasteiger partial charge in [-0.1, -0.05) is 0 Å². The van der Waals surface area contributed by atoms with Crippen LogP contribution in [0.25, 0.3) is 0 Å². The molecule has 0 radical (unpaired) electrons. The molecule has 1 amide bonds. The van der Waals surface area contributed by atoms with Gasteiger partial charge in [-0.3, -0.25) is 4.79 Å². The van der Waals surface area contributed by atoms with Gasteiger partial charge >= 0.3 is 5.97 Å². The van der Waals surface area contributed by atoms with Gasteiger partial charge in [-0.05, 0) is 32.3 Å². The number of nitrogens with zero attached hydrogens (tertiary/aromatic N) is 2. The van der Waals surface area contributed by atoms with Crippen molar-refractivity contribution < 1.29 is 19.4 Å². The molecule has 0 spiro atoms. The average molecular weight is 292 g/mol. The zero-order valence-corrected chi connectivity index (χ0v) is 12.4. The van der Waals surface area contributed by atoms with Gasteiger partial charge in [-0.2, -0.15) is 0 Å². The van der Waals surface area contributed by atoms with E-state index in [0.29, 0.717) is 30.1 Å². The fraction of sp³-hybridized carbons (Fsp3) is 0.600. The minimum absolute atomic E-state index is 0.0480. The topological polar surface area (TPSA) is 71.8 Å². The van der Waals surface area contributed by atoms with E-state index in [1.54, 1.807) is 6.92 Å². The zero-order chi connectivity index (χ0) is 15.1. The highest BCUT2D eigenvalue weighted by molar-refractivity contribution is 6.00. The third-order valence-corrected chi connectivity index (χ3v) is 4.54. The molecule has 1 atom stereocenters. The second-order valence-corrected chi connectivity index (χ2v) is 5.79. The highest BCUT2D eigenvalue weighted by atomic mass is 16.5. The van der Waals surface area contributed by atoms with Crippen molar-refractivity contribution in [2.45, 2.75) is 45.9 Å². The summed E-state index contributed by atoms with van der Waals surface area (Å²) in [5.74, 6) is -1.04. The summed E-state index contributed by atoms with van der Waals surface area (Å²) in [6.07, 6.45) is 2.02. The Hall–Kier alpha value is -1.82. The number of aromatic nitrogens is 1. The van der Waals surface area contributed by atoms with Crippen molar-refractivity contribution in [2.75, 3.05) is 13.2 Å². The van der Waals surface area contributed by atoms with Crippen LogP contribution in [-0.2, 0) is 17.9 Å². The Kier molecular flexibility index (Phi) is 3.49. The van der Waals surface area contributed by atoms with Crippen molar-refractivity contribution in [1.29, 1.82) is 0 Å². The number of amides is 1. The molecular formula is C15H20N2O4. The quantitative estimate of drug-likeness (QED) is 0.899. The largest absolute Gasteiger partial charge is 0.478 e. The molecule has 2 aliphatic rings. The number of carbonyl (C=O) groups excluding carboxylic acids is 1. The van der Waals surface area contributed by atoms with E-state index in [0.717, 1.165) is 19.4 Å². The van der Waals surface area contributed by atoms with E-state index in [4.69, 9.17) is 4.74 Å². The molecule has 0 saturated carbocycles. The van der Waals surface area contributed by atoms with Crippen LogP contribution in [0.5, 0.6) is 0 Å². The molecule has 21 heavy (non-hydrogen) atoms. The Morgan fingerprint density at radius 2 is 2.10 bits per heavy atom. The summed E-state index contributed by atoms with van der Waals surface area (Å²) in [4.78, 5) is 26.2. The molecule has 6 heteroatoms. The summed E-state index contributed by atoms with van der Waals surface area (Å²) in [5.41, 5.74) is 1.93. The number of carboxylic acid groups (broad SMARTS) is 1. The highest BCUT2D eigenvalue weighted by Crippen LogP contribution is 2.29. The van der Waals surface area contributed by atoms with E-state index in [1.165, 1.54) is 0 Å². The molecule has 2 aliphatic heterocycles. The van der Waals surface area contributed by atoms with Crippen molar-refractivity contribution in [2.24, 2.45) is 0 Å². The summed E-state index contributed by atoms with van der Waals surface area (Å²) in [5, 5.41) is 9.44. The van der Waals surface area contributed by atoms with E-state index in [-0.39, 0.29) is 24.1 Å². The number of aromatic carboxylic acids is 1. The predicted molar refractivity (Wildman–Crippen MR) is 75.5 cm³/mol. The van der Waals surface area contributed by atoms with Gasteiger partial charge < -0.3 is 19.3 Å². The van der Waals surface area contributed by atoms with E-state index >= 15 is 0 Å². The van der Waals surface area contributed by atoms with E-state index in [2.05, 4.69) is 0 Å². The van der Waals surface area contributed by atoms with Gasteiger partial charge in [-0.15, -0.1) is 0 Å². The monoisotopic (exact) mass is 292 g/mol. The molecule has 1 saturated heterocycles. The fourth-order valence-electron chi connectivity index (χ4n) is 3.46. The number of hydrogen-bond donors (Lipinski definition) is 1. The molecule has 0 aliphatic carbocycles. The maximum absolute atomic E-state index is 12.9. The fourth-order valence-corrected chi connectivity index (χ4v) is 3.46. The van der Waals surface area contributed by atoms with E-state index in [1.807, 2.05) is 16.4 Å². The number of likely N-dealkylation sites (tertiary alicyclic amines) is 1. The number of carboxylic acids is 1. The average Bonchev–Trinajstić information content (AvgIpc) is 2.98. The van der Waals surface area contributed by atoms with Crippen LogP contribution in [0.2, 0.25) is 0 Å². The van der Waals surface area contributed by atoms with Crippen LogP contribution in [0.15, 0.2) is 0 Å². The Morgan fingerprint density at radius 1 is 1.33 bits per heavy atom. The van der Waals surface area contributed by atoms with Crippen LogP contribution in [0.1, 0.15) is 51.9 Å². The molecule has 1 N–H and O–H groups in total. The second kappa shape index (κ2) is 5.18. The smallest absolute Gasteiger partial charge is 0.337 e. The Morgan fingerprint density at radius 3 is 2.71 bits per heavy atom. The van der Waals surface area contributed by atoms with Crippen LogP contribution < -0.4 is 0 Å². The summed E-state index contributed by atoms with van der Waals surface area (Å²) in [6.45, 7) is 5.82. The van der Waals surface area contributed by atoms with Crippen LogP contribution in [0.4, 0.5) is 0 Å². The standard InChI is InChI=1S/C15H20N2O4/c1-9-4-3-5-16(9)14(18)13-10(2)12(15(19)20)11-8-21-7-6-17(11)13/h9H,3-8H2,1-2H3,(H,19,20)/t9-/m0/s1. The first-order valence-corrected chi connectivity index (χ1v) is 7.36. The normalized spacial score (nSPS) is 21.4. The molecule has 1 aromatic heterocycles. The van der Waals surface area contributed by atoms with E-state index < -0.39 is 5.97 Å². The lowest BCUT2D eigenvalue weighted by molar-refractivity contribution is 0.0640. The predicted octanol–water partition coefficient (Wildman–Crippen LogP) is 1.65. The summed E-state index contributed by atoms with van der Waals surface area (Å²) in [7, 11) is 0. The van der Waals surface area contributed by atoms with Gasteiger partial charge in [0.1, 0.15) is 5.69 Å². The molecule has 1 aromatic rings. The lowest BCUT2D eigenvalue weighted by Gasteiger charge is -2.24. The summed E-state index contributed by atoms with van der Waals surface area (Å²) >= 11 is 0. The maximum Gasteiger partial charge on any atom is 0.337 e. The molecule has 0 unspecified atom stereocenters. The minimum atomic E-state index is -0.990. The molecule has 3 heterocycles. The lowest BCUT2D eigenvalue weighted by atomic mass is 10.1. The molecule has 0 aromatic carbocycles. The molecule has 0 bridgehead atoms. The summed E-state index contributed by atoms with van der Waals surface area (Å²) < 4.78 is 7.22. The Bertz CT molecular complexity index is 605. The third kappa shape index (κ3) is 2.14. The number of rotatable bonds is 2. The van der Waals surface area contributed by atoms with Crippen molar-refractivity contribution in [3.8, 4) is 0 Å². The van der Waals surface area contributed by atoms with Gasteiger partial charge in [0.05, 0.1) is 24.5 Å². The lowest BCUT2D eigenvalue weighted by Crippen LogP contribution is -2.36. The molecular weight excluding hydrogens is 272 g/mol. The van der Waals surface area contributed by atoms with Crippen LogP contribution in [0, 0.1) is 6.92 Å². The molecule has 1 fully saturated rings. The van der Waals surface area contributed by atoms with Crippen molar-refractivity contribution in [3.05, 3.63) is 22.5 Å². The Labute approximate surface area is 123 Å². The molecule has 3 rings (SSSR count). The molecule has 114 valence electrons. The molecule has 6 nitrogen and oxygen atoms in total. The SMILES string of the molecule is Cc1c(C(=O)O)c2n(c1C(=O)N1CCC[C@@H]1C)CCOC2. The summed E-state index contributed by atoms with van der Waals surface area (Å²) in [6, 6.07) is 0.219. The van der Waals surface area contributed by atoms with E-state index in [9.17, 15) is 14.7 Å². The number of hydrogen-bond acceptors (Lipinski definition) is 3. The zero-order valence-electron chi connectivity index (χ0n) is 12.4. The number of fused-ring (bicyclic) bond motifs is 1. The van der Waals surface area contributed by atoms with Gasteiger partial charge in [-0.25, -0.2) is 4.79 Å². The van der Waals surface area contributed by atoms with Gasteiger partial charge in [0, 0.05) is 19.1 Å². The first-order valence-electron chi connectivity index (χ1n) is 7.36. The van der Waals surface area contributed by atoms with Gasteiger partial charge in [0.2, 0.25) is 0 Å². The minimum Gasteiger partial charge on any atom is -0.478 e. The highest BCUT2D eigenvalue weighted by Gasteiger charge is 2.34. The van der Waals surface area contributed by atoms with Gasteiger partial charge in [0.15, 0.2) is 0 Å². The van der Waals surface area contributed by atoms with Gasteiger partial charge in [0.25, 0.3) is 5.91 Å². The van der Waals surface area contributed by atoms with Crippen LogP contribution in [0.3, 0.4) is 0 Å². The maximum atomic E-state index is 12.9. The number of ether oxygens (including phenoxy) is 1. The Balaban J connectivity index is 2.09. The first-order chi connectivity index (χ1) is 10.0. The number of carbonyl (C=O) groups is 2. The van der Waals surface area contributed by atoms with Crippen molar-refractivity contribution in [3.63, 3.8) is 0 Å². The third-order valence-electron chi connectivity index (χ3n) is 4.54. The first kappa shape index (κ1) is 14.1. The van der Waals surface area contributed by atoms with Crippen molar-refractivity contribution >= 4 is 11.9 Å². The van der Waals surface area contributed by atoms with Crippen LogP contribution in [-0.4, -0.2) is 45.6 Å². The second-order valence-electron chi connectivity index (χ2n) is 5.79.